The van der Waals surface area contributed by atoms with E-state index in [1.165, 1.54) is 55.3 Å². The number of para-hydroxylation sites is 4. The van der Waals surface area contributed by atoms with Crippen LogP contribution in [-0.2, 0) is 0 Å². The van der Waals surface area contributed by atoms with Gasteiger partial charge in [-0.25, -0.2) is 15.0 Å². The molecule has 0 fully saturated rings. The predicted octanol–water partition coefficient (Wildman–Crippen LogP) is 23.1. The predicted molar refractivity (Wildman–Crippen MR) is 382 cm³/mol. The summed E-state index contributed by atoms with van der Waals surface area (Å²) in [7, 11) is 0. The lowest BCUT2D eigenvalue weighted by Crippen LogP contribution is -2.06. The van der Waals surface area contributed by atoms with Gasteiger partial charge in [0.05, 0.1) is 11.0 Å². The highest BCUT2D eigenvalue weighted by atomic mass is 16.3. The van der Waals surface area contributed by atoms with Crippen LogP contribution in [0.25, 0.3) is 161 Å². The topological polar surface area (TPSA) is 56.7 Å². The number of fused-ring (bicyclic) bond motifs is 6. The molecule has 0 radical (unpaired) electrons. The van der Waals surface area contributed by atoms with Crippen LogP contribution >= 0.6 is 0 Å². The summed E-state index contributed by atoms with van der Waals surface area (Å²) in [5.41, 5.74) is 25.0. The molecule has 3 heterocycles. The van der Waals surface area contributed by atoms with Gasteiger partial charge in [0.25, 0.3) is 0 Å². The molecule has 1 aliphatic rings. The number of furan rings is 1. The van der Waals surface area contributed by atoms with Gasteiger partial charge < -0.3 is 8.98 Å². The molecule has 0 N–H and O–H groups in total. The van der Waals surface area contributed by atoms with Gasteiger partial charge >= 0.3 is 0 Å². The van der Waals surface area contributed by atoms with Crippen LogP contribution in [0.4, 0.5) is 0 Å². The molecule has 16 aromatic rings. The minimum Gasteiger partial charge on any atom is -0.455 e. The maximum atomic E-state index is 6.68. The smallest absolute Gasteiger partial charge is 0.164 e. The quantitative estimate of drug-likeness (QED) is 0.122. The third kappa shape index (κ3) is 10.1. The van der Waals surface area contributed by atoms with Crippen molar-refractivity contribution in [1.82, 2.24) is 19.5 Å². The maximum absolute atomic E-state index is 6.68. The molecule has 5 nitrogen and oxygen atoms in total. The molecule has 0 spiro atoms. The van der Waals surface area contributed by atoms with E-state index in [4.69, 9.17) is 19.4 Å². The first-order valence-corrected chi connectivity index (χ1v) is 31.5. The summed E-state index contributed by atoms with van der Waals surface area (Å²) in [5, 5.41) is 4.72. The zero-order valence-electron chi connectivity index (χ0n) is 50.2. The highest BCUT2D eigenvalue weighted by Gasteiger charge is 2.22. The van der Waals surface area contributed by atoms with Gasteiger partial charge in [0.1, 0.15) is 11.2 Å². The highest BCUT2D eigenvalue weighted by molar-refractivity contribution is 6.11. The molecule has 432 valence electrons. The number of rotatable bonds is 12. The second-order valence-corrected chi connectivity index (χ2v) is 23.8. The van der Waals surface area contributed by atoms with E-state index in [1.807, 2.05) is 12.1 Å². The molecule has 0 saturated carbocycles. The van der Waals surface area contributed by atoms with Crippen molar-refractivity contribution in [2.75, 3.05) is 0 Å². The molecule has 1 aliphatic carbocycles. The third-order valence-corrected chi connectivity index (χ3v) is 18.2. The summed E-state index contributed by atoms with van der Waals surface area (Å²) in [6.45, 7) is 0. The van der Waals surface area contributed by atoms with E-state index >= 15 is 0 Å². The summed E-state index contributed by atoms with van der Waals surface area (Å²) in [5.74, 6) is 1.91. The number of hydrogen-bond donors (Lipinski definition) is 0. The summed E-state index contributed by atoms with van der Waals surface area (Å²) < 4.78 is 9.12. The summed E-state index contributed by atoms with van der Waals surface area (Å²) in [6.07, 6.45) is 7.64. The SMILES string of the molecule is C1=CC(c2cccc(-c3nc(-c4ccc(-c5cc(-c6cccc(-c7ccccc7)c6)cc(-c6cccc7c6oc6ccccc67)c5)cc4)nc(-c4cccc(-c5cccc(-c6ccccc6-c6ccccc6)c5)c4)n3)c2)CC(n2c3ccccc3c3ccccc32)=C1. The normalized spacial score (nSPS) is 13.1. The van der Waals surface area contributed by atoms with Crippen LogP contribution < -0.4 is 0 Å². The molecule has 5 heteroatoms. The Labute approximate surface area is 533 Å². The molecule has 0 saturated heterocycles. The van der Waals surface area contributed by atoms with Gasteiger partial charge in [0, 0.05) is 55.4 Å². The lowest BCUT2D eigenvalue weighted by molar-refractivity contribution is 0.670. The van der Waals surface area contributed by atoms with Gasteiger partial charge in [0.2, 0.25) is 0 Å². The van der Waals surface area contributed by atoms with Crippen molar-refractivity contribution in [1.29, 1.82) is 0 Å². The van der Waals surface area contributed by atoms with Crippen molar-refractivity contribution in [3.63, 3.8) is 0 Å². The van der Waals surface area contributed by atoms with Crippen LogP contribution in [0.3, 0.4) is 0 Å². The first-order chi connectivity index (χ1) is 45.6. The maximum Gasteiger partial charge on any atom is 0.164 e. The Morgan fingerprint density at radius 1 is 0.293 bits per heavy atom. The minimum absolute atomic E-state index is 0.119. The van der Waals surface area contributed by atoms with Gasteiger partial charge in [-0.05, 0) is 151 Å². The van der Waals surface area contributed by atoms with Crippen molar-refractivity contribution >= 4 is 49.4 Å². The molecular weight excluding hydrogens is 1120 g/mol. The van der Waals surface area contributed by atoms with Crippen LogP contribution in [-0.4, -0.2) is 19.5 Å². The summed E-state index contributed by atoms with van der Waals surface area (Å²) in [4.78, 5) is 16.2. The fraction of sp³-hybridized carbons (Fsp3) is 0.0230. The molecule has 17 rings (SSSR count). The molecule has 1 unspecified atom stereocenters. The Balaban J connectivity index is 0.766. The van der Waals surface area contributed by atoms with E-state index in [0.29, 0.717) is 17.5 Å². The molecular formula is C87H58N4O. The Hall–Kier alpha value is -12.1. The van der Waals surface area contributed by atoms with Crippen molar-refractivity contribution in [3.05, 3.63) is 339 Å². The van der Waals surface area contributed by atoms with Gasteiger partial charge in [0.15, 0.2) is 17.5 Å². The molecule has 92 heavy (non-hydrogen) atoms. The largest absolute Gasteiger partial charge is 0.455 e. The molecule has 0 bridgehead atoms. The second kappa shape index (κ2) is 23.2. The van der Waals surface area contributed by atoms with Gasteiger partial charge in [-0.2, -0.15) is 0 Å². The summed E-state index contributed by atoms with van der Waals surface area (Å²) >= 11 is 0. The second-order valence-electron chi connectivity index (χ2n) is 23.8. The molecule has 3 aromatic heterocycles. The first kappa shape index (κ1) is 54.1. The van der Waals surface area contributed by atoms with Crippen molar-refractivity contribution in [2.24, 2.45) is 0 Å². The average molecular weight is 1180 g/mol. The number of benzene rings is 13. The van der Waals surface area contributed by atoms with E-state index in [1.54, 1.807) is 0 Å². The Morgan fingerprint density at radius 2 is 0.717 bits per heavy atom. The first-order valence-electron chi connectivity index (χ1n) is 31.5. The van der Waals surface area contributed by atoms with Crippen molar-refractivity contribution in [3.8, 4) is 112 Å². The lowest BCUT2D eigenvalue weighted by atomic mass is 9.89. The average Bonchev–Trinajstić information content (AvgIpc) is 1.61. The standard InChI is InChI=1S/C87H58N4O/c1-3-21-57(22-4-1)61-25-15-29-65(49-61)71-53-70(54-72(55-71)76-40-20-41-80-79-39-11-14-44-83(79)92-84(76)80)58-45-47-60(48-46-58)85-88-86(68-32-17-27-63(51-68)62-26-16-31-67(50-62)75-36-8-7-35-74(75)59-23-5-2-6-24-59)90-87(89-85)69-33-18-28-64(52-69)66-30-19-34-73(56-66)91-81-42-12-9-37-77(81)78-38-10-13-43-82(78)91/h1-55,66H,56H2. The fourth-order valence-corrected chi connectivity index (χ4v) is 13.7. The molecule has 13 aromatic carbocycles. The van der Waals surface area contributed by atoms with E-state index in [2.05, 4.69) is 326 Å². The van der Waals surface area contributed by atoms with E-state index < -0.39 is 0 Å². The number of aromatic nitrogens is 4. The van der Waals surface area contributed by atoms with Gasteiger partial charge in [-0.3, -0.25) is 0 Å². The Bertz CT molecular complexity index is 5500. The summed E-state index contributed by atoms with van der Waals surface area (Å²) in [6, 6.07) is 113. The Kier molecular flexibility index (Phi) is 13.6. The minimum atomic E-state index is 0.119. The van der Waals surface area contributed by atoms with E-state index in [-0.39, 0.29) is 5.92 Å². The van der Waals surface area contributed by atoms with Crippen LogP contribution in [0.15, 0.2) is 338 Å². The molecule has 0 amide bonds. The number of hydrogen-bond acceptors (Lipinski definition) is 4. The molecule has 0 aliphatic heterocycles. The zero-order valence-corrected chi connectivity index (χ0v) is 50.2. The van der Waals surface area contributed by atoms with E-state index in [0.717, 1.165) is 101 Å². The Morgan fingerprint density at radius 3 is 1.41 bits per heavy atom. The van der Waals surface area contributed by atoms with E-state index in [9.17, 15) is 0 Å². The number of nitrogens with zero attached hydrogens (tertiary/aromatic N) is 4. The monoisotopic (exact) mass is 1170 g/mol. The zero-order chi connectivity index (χ0) is 60.9. The number of allylic oxidation sites excluding steroid dienone is 4. The van der Waals surface area contributed by atoms with Crippen LogP contribution in [0.1, 0.15) is 17.9 Å². The van der Waals surface area contributed by atoms with Gasteiger partial charge in [-0.1, -0.05) is 267 Å². The van der Waals surface area contributed by atoms with Crippen LogP contribution in [0.5, 0.6) is 0 Å². The van der Waals surface area contributed by atoms with Crippen molar-refractivity contribution in [2.45, 2.75) is 12.3 Å². The fourth-order valence-electron chi connectivity index (χ4n) is 13.7. The lowest BCUT2D eigenvalue weighted by Gasteiger charge is -2.22. The van der Waals surface area contributed by atoms with Crippen LogP contribution in [0.2, 0.25) is 0 Å². The van der Waals surface area contributed by atoms with Crippen molar-refractivity contribution < 1.29 is 4.42 Å². The van der Waals surface area contributed by atoms with Crippen LogP contribution in [0, 0.1) is 0 Å². The third-order valence-electron chi connectivity index (χ3n) is 18.2. The molecule has 1 atom stereocenters. The van der Waals surface area contributed by atoms with Gasteiger partial charge in [-0.15, -0.1) is 0 Å². The highest BCUT2D eigenvalue weighted by Crippen LogP contribution is 2.43.